The van der Waals surface area contributed by atoms with E-state index in [0.717, 1.165) is 26.2 Å². The van der Waals surface area contributed by atoms with Crippen molar-refractivity contribution in [3.8, 4) is 0 Å². The molecule has 0 aliphatic carbocycles. The summed E-state index contributed by atoms with van der Waals surface area (Å²) in [6.07, 6.45) is 1.51. The summed E-state index contributed by atoms with van der Waals surface area (Å²) < 4.78 is 4.94. The van der Waals surface area contributed by atoms with Gasteiger partial charge in [0.1, 0.15) is 0 Å². The molecule has 0 radical (unpaired) electrons. The molecule has 0 atom stereocenters. The Morgan fingerprint density at radius 2 is 2.05 bits per heavy atom. The Morgan fingerprint density at radius 1 is 1.35 bits per heavy atom. The quantitative estimate of drug-likeness (QED) is 0.731. The van der Waals surface area contributed by atoms with Crippen LogP contribution in [0, 0.1) is 6.92 Å². The molecule has 0 aliphatic rings. The molecule has 0 aromatic carbocycles. The number of likely N-dealkylation sites (N-methyl/N-ethyl adjacent to an activating group) is 1. The Bertz CT molecular complexity index is 433. The highest BCUT2D eigenvalue weighted by atomic mass is 16.5. The number of aromatic nitrogens is 2. The number of ether oxygens (including phenoxy) is 1. The van der Waals surface area contributed by atoms with Crippen LogP contribution in [0.5, 0.6) is 0 Å². The number of carbonyl (C=O) groups is 1. The van der Waals surface area contributed by atoms with E-state index in [-0.39, 0.29) is 5.97 Å². The van der Waals surface area contributed by atoms with E-state index in [2.05, 4.69) is 34.0 Å². The SMILES string of the molecule is CCOC(=O)c1cnc(NCCN(CC)CC)nc1C. The van der Waals surface area contributed by atoms with Gasteiger partial charge in [-0.25, -0.2) is 14.8 Å². The summed E-state index contributed by atoms with van der Waals surface area (Å²) in [6.45, 7) is 12.0. The minimum atomic E-state index is -0.375. The molecule has 112 valence electrons. The van der Waals surface area contributed by atoms with E-state index in [1.54, 1.807) is 13.8 Å². The lowest BCUT2D eigenvalue weighted by Gasteiger charge is -2.18. The third-order valence-electron chi connectivity index (χ3n) is 3.08. The fourth-order valence-electron chi connectivity index (χ4n) is 1.83. The molecule has 0 saturated carbocycles. The average molecular weight is 280 g/mol. The van der Waals surface area contributed by atoms with Crippen LogP contribution in [0.4, 0.5) is 5.95 Å². The number of rotatable bonds is 8. The van der Waals surface area contributed by atoms with Crippen LogP contribution < -0.4 is 5.32 Å². The predicted molar refractivity (Wildman–Crippen MR) is 79.0 cm³/mol. The molecular weight excluding hydrogens is 256 g/mol. The maximum absolute atomic E-state index is 11.6. The molecule has 1 heterocycles. The van der Waals surface area contributed by atoms with Crippen LogP contribution in [0.25, 0.3) is 0 Å². The summed E-state index contributed by atoms with van der Waals surface area (Å²) >= 11 is 0. The minimum absolute atomic E-state index is 0.349. The van der Waals surface area contributed by atoms with Crippen LogP contribution in [0.1, 0.15) is 36.8 Å². The zero-order valence-electron chi connectivity index (χ0n) is 12.8. The maximum atomic E-state index is 11.6. The summed E-state index contributed by atoms with van der Waals surface area (Å²) in [5, 5.41) is 3.17. The van der Waals surface area contributed by atoms with Gasteiger partial charge in [0, 0.05) is 19.3 Å². The van der Waals surface area contributed by atoms with Gasteiger partial charge < -0.3 is 15.0 Å². The molecule has 6 nitrogen and oxygen atoms in total. The third kappa shape index (κ3) is 4.77. The lowest BCUT2D eigenvalue weighted by atomic mass is 10.2. The monoisotopic (exact) mass is 280 g/mol. The highest BCUT2D eigenvalue weighted by molar-refractivity contribution is 5.90. The molecule has 20 heavy (non-hydrogen) atoms. The average Bonchev–Trinajstić information content (AvgIpc) is 2.44. The van der Waals surface area contributed by atoms with E-state index in [4.69, 9.17) is 4.74 Å². The van der Waals surface area contributed by atoms with Gasteiger partial charge >= 0.3 is 5.97 Å². The predicted octanol–water partition coefficient (Wildman–Crippen LogP) is 1.72. The number of hydrogen-bond acceptors (Lipinski definition) is 6. The van der Waals surface area contributed by atoms with Crippen molar-refractivity contribution in [3.63, 3.8) is 0 Å². The molecule has 0 amide bonds. The van der Waals surface area contributed by atoms with E-state index in [0.29, 0.717) is 23.8 Å². The first-order valence-electron chi connectivity index (χ1n) is 7.09. The Kier molecular flexibility index (Phi) is 6.93. The number of anilines is 1. The van der Waals surface area contributed by atoms with Crippen LogP contribution in [-0.4, -0.2) is 53.6 Å². The zero-order valence-corrected chi connectivity index (χ0v) is 12.8. The van der Waals surface area contributed by atoms with E-state index in [9.17, 15) is 4.79 Å². The molecule has 0 bridgehead atoms. The summed E-state index contributed by atoms with van der Waals surface area (Å²) in [5.41, 5.74) is 1.05. The van der Waals surface area contributed by atoms with Crippen molar-refractivity contribution < 1.29 is 9.53 Å². The molecule has 1 N–H and O–H groups in total. The lowest BCUT2D eigenvalue weighted by Crippen LogP contribution is -2.29. The van der Waals surface area contributed by atoms with Crippen LogP contribution in [-0.2, 0) is 4.74 Å². The van der Waals surface area contributed by atoms with Crippen LogP contribution in [0.15, 0.2) is 6.20 Å². The minimum Gasteiger partial charge on any atom is -0.462 e. The van der Waals surface area contributed by atoms with Crippen molar-refractivity contribution in [2.75, 3.05) is 38.1 Å². The highest BCUT2D eigenvalue weighted by Gasteiger charge is 2.12. The molecular formula is C14H24N4O2. The Labute approximate surface area is 120 Å². The van der Waals surface area contributed by atoms with Crippen molar-refractivity contribution in [2.24, 2.45) is 0 Å². The van der Waals surface area contributed by atoms with Gasteiger partial charge in [-0.15, -0.1) is 0 Å². The topological polar surface area (TPSA) is 67.3 Å². The fraction of sp³-hybridized carbons (Fsp3) is 0.643. The van der Waals surface area contributed by atoms with E-state index in [1.807, 2.05) is 0 Å². The maximum Gasteiger partial charge on any atom is 0.341 e. The number of nitrogens with one attached hydrogen (secondary N) is 1. The summed E-state index contributed by atoms with van der Waals surface area (Å²) in [6, 6.07) is 0. The third-order valence-corrected chi connectivity index (χ3v) is 3.08. The largest absolute Gasteiger partial charge is 0.462 e. The van der Waals surface area contributed by atoms with Crippen molar-refractivity contribution in [3.05, 3.63) is 17.5 Å². The highest BCUT2D eigenvalue weighted by Crippen LogP contribution is 2.08. The van der Waals surface area contributed by atoms with Crippen LogP contribution in [0.2, 0.25) is 0 Å². The molecule has 1 rings (SSSR count). The number of hydrogen-bond donors (Lipinski definition) is 1. The van der Waals surface area contributed by atoms with E-state index < -0.39 is 0 Å². The van der Waals surface area contributed by atoms with Crippen molar-refractivity contribution in [1.29, 1.82) is 0 Å². The normalized spacial score (nSPS) is 10.7. The van der Waals surface area contributed by atoms with Crippen molar-refractivity contribution >= 4 is 11.9 Å². The van der Waals surface area contributed by atoms with Crippen LogP contribution in [0.3, 0.4) is 0 Å². The molecule has 0 unspecified atom stereocenters. The summed E-state index contributed by atoms with van der Waals surface area (Å²) in [7, 11) is 0. The van der Waals surface area contributed by atoms with Gasteiger partial charge in [-0.3, -0.25) is 0 Å². The second kappa shape index (κ2) is 8.47. The van der Waals surface area contributed by atoms with Gasteiger partial charge in [0.15, 0.2) is 0 Å². The van der Waals surface area contributed by atoms with Crippen molar-refractivity contribution in [2.45, 2.75) is 27.7 Å². The smallest absolute Gasteiger partial charge is 0.341 e. The van der Waals surface area contributed by atoms with E-state index in [1.165, 1.54) is 6.20 Å². The van der Waals surface area contributed by atoms with E-state index >= 15 is 0 Å². The second-order valence-corrected chi connectivity index (χ2v) is 4.37. The first kappa shape index (κ1) is 16.4. The zero-order chi connectivity index (χ0) is 15.0. The van der Waals surface area contributed by atoms with Crippen molar-refractivity contribution in [1.82, 2.24) is 14.9 Å². The molecule has 6 heteroatoms. The van der Waals surface area contributed by atoms with Gasteiger partial charge in [-0.2, -0.15) is 0 Å². The van der Waals surface area contributed by atoms with Gasteiger partial charge in [0.2, 0.25) is 5.95 Å². The molecule has 0 spiro atoms. The summed E-state index contributed by atoms with van der Waals surface area (Å²) in [4.78, 5) is 22.4. The fourth-order valence-corrected chi connectivity index (χ4v) is 1.83. The van der Waals surface area contributed by atoms with Gasteiger partial charge in [0.25, 0.3) is 0 Å². The number of nitrogens with zero attached hydrogens (tertiary/aromatic N) is 3. The first-order valence-corrected chi connectivity index (χ1v) is 7.09. The molecule has 1 aromatic rings. The molecule has 1 aromatic heterocycles. The standard InChI is InChI=1S/C14H24N4O2/c1-5-18(6-2)9-8-15-14-16-10-12(11(4)17-14)13(19)20-7-3/h10H,5-9H2,1-4H3,(H,15,16,17). The Morgan fingerprint density at radius 3 is 2.60 bits per heavy atom. The molecule has 0 fully saturated rings. The number of esters is 1. The van der Waals surface area contributed by atoms with Gasteiger partial charge in [0.05, 0.1) is 17.9 Å². The first-order chi connectivity index (χ1) is 9.62. The Balaban J connectivity index is 2.57. The van der Waals surface area contributed by atoms with Gasteiger partial charge in [-0.05, 0) is 26.9 Å². The Hall–Kier alpha value is -1.69. The molecule has 0 saturated heterocycles. The van der Waals surface area contributed by atoms with Crippen LogP contribution >= 0.6 is 0 Å². The lowest BCUT2D eigenvalue weighted by molar-refractivity contribution is 0.0524. The van der Waals surface area contributed by atoms with Gasteiger partial charge in [-0.1, -0.05) is 13.8 Å². The molecule has 0 aliphatic heterocycles. The summed E-state index contributed by atoms with van der Waals surface area (Å²) in [5.74, 6) is 0.169. The number of aryl methyl sites for hydroxylation is 1. The number of carbonyl (C=O) groups excluding carboxylic acids is 1. The second-order valence-electron chi connectivity index (χ2n) is 4.37.